The Balaban J connectivity index is 0.723. The van der Waals surface area contributed by atoms with Gasteiger partial charge >= 0.3 is 0 Å². The van der Waals surface area contributed by atoms with Gasteiger partial charge in [-0.1, -0.05) is 121 Å². The van der Waals surface area contributed by atoms with Crippen LogP contribution in [0.5, 0.6) is 0 Å². The van der Waals surface area contributed by atoms with Crippen molar-refractivity contribution in [2.45, 2.75) is 177 Å². The van der Waals surface area contributed by atoms with Gasteiger partial charge < -0.3 is 66.5 Å². The van der Waals surface area contributed by atoms with Crippen LogP contribution in [0.25, 0.3) is 0 Å². The van der Waals surface area contributed by atoms with Gasteiger partial charge in [-0.3, -0.25) is 38.4 Å². The number of likely N-dealkylation sites (N-methyl/N-ethyl adjacent to an activating group) is 2. The van der Waals surface area contributed by atoms with Crippen LogP contribution in [0.2, 0.25) is 0 Å². The van der Waals surface area contributed by atoms with Crippen molar-refractivity contribution < 1.29 is 52.6 Å². The number of carbonyl (C=O) groups is 8. The average Bonchev–Trinajstić information content (AvgIpc) is 1.66. The van der Waals surface area contributed by atoms with Crippen LogP contribution >= 0.6 is 0 Å². The van der Waals surface area contributed by atoms with E-state index in [0.29, 0.717) is 128 Å². The van der Waals surface area contributed by atoms with Gasteiger partial charge in [0, 0.05) is 57.3 Å². The van der Waals surface area contributed by atoms with E-state index in [1.54, 1.807) is 49.9 Å². The van der Waals surface area contributed by atoms with Gasteiger partial charge in [-0.05, 0) is 146 Å². The van der Waals surface area contributed by atoms with Crippen LogP contribution in [0.3, 0.4) is 0 Å². The minimum Gasteiger partial charge on any atom is -0.379 e. The number of fused-ring (bicyclic) bond motifs is 2. The van der Waals surface area contributed by atoms with Gasteiger partial charge in [0.25, 0.3) is 0 Å². The molecule has 8 rings (SSSR count). The van der Waals surface area contributed by atoms with E-state index in [2.05, 4.69) is 54.7 Å². The number of amides is 7. The maximum Gasteiger partial charge on any atom is 0.247 e. The number of Topliss-reactive ketones (excluding diaryl/α,β-unsaturated/α-hetero) is 1. The molecule has 4 saturated heterocycles. The van der Waals surface area contributed by atoms with Crippen LogP contribution in [-0.2, 0) is 65.5 Å². The fourth-order valence-electron chi connectivity index (χ4n) is 13.4. The second-order valence-corrected chi connectivity index (χ2v) is 25.3. The summed E-state index contributed by atoms with van der Waals surface area (Å²) >= 11 is 0. The standard InChI is InChI=1S/C72H100N10O11/c1-49(73-3)66(84)79-64-55(30-19-25-51-21-9-5-10-22-51)32-34-57-36-39-60(81(57)71(64)89)69(87)78-63(54-28-15-8-16-29-54)70(88)76-40-20-42-92-44-46-93-45-43-91-41-18-17-31-61(83)62(53-26-13-7-14-27-53)77-68(86)59-38-37-58-35-33-56(48-75-47-52-23-11-6-12-24-52)65(72(90)82(58)59)80-67(85)50(2)74-4/h5-16,21-24,26-29,49-50,55-60,62-65,73-75H,17-20,25,30-48H2,1-4H3,(H,76,88)(H,77,86)(H,78,87)(H,79,84)(H,80,85)/t49-,50-,55-,56+,57-,58-,59-,60-,62-,63-,64-,65-/m0/s1. The number of rotatable bonds is 37. The van der Waals surface area contributed by atoms with E-state index in [-0.39, 0.29) is 71.6 Å². The second kappa shape index (κ2) is 37.5. The lowest BCUT2D eigenvalue weighted by Crippen LogP contribution is -2.59. The lowest BCUT2D eigenvalue weighted by Gasteiger charge is -2.33. The summed E-state index contributed by atoms with van der Waals surface area (Å²) in [6, 6.07) is 31.9. The molecule has 0 saturated carbocycles. The summed E-state index contributed by atoms with van der Waals surface area (Å²) in [7, 11) is 3.40. The second-order valence-electron chi connectivity index (χ2n) is 25.3. The van der Waals surface area contributed by atoms with Crippen molar-refractivity contribution in [2.75, 3.05) is 66.8 Å². The predicted octanol–water partition coefficient (Wildman–Crippen LogP) is 5.53. The number of hydrogen-bond acceptors (Lipinski definition) is 14. The van der Waals surface area contributed by atoms with Crippen LogP contribution in [0.1, 0.15) is 138 Å². The van der Waals surface area contributed by atoms with Gasteiger partial charge in [-0.25, -0.2) is 0 Å². The normalized spacial score (nSPS) is 22.5. The Morgan fingerprint density at radius 2 is 0.946 bits per heavy atom. The lowest BCUT2D eigenvalue weighted by molar-refractivity contribution is -0.144. The van der Waals surface area contributed by atoms with Gasteiger partial charge in [0.05, 0.1) is 38.5 Å². The minimum absolute atomic E-state index is 0.0978. The molecule has 0 aliphatic carbocycles. The summed E-state index contributed by atoms with van der Waals surface area (Å²) < 4.78 is 17.3. The van der Waals surface area contributed by atoms with E-state index in [1.165, 1.54) is 5.56 Å². The fourth-order valence-corrected chi connectivity index (χ4v) is 13.4. The Hall–Kier alpha value is -7.40. The molecule has 504 valence electrons. The maximum absolute atomic E-state index is 14.7. The number of unbranched alkanes of at least 4 members (excludes halogenated alkanes) is 1. The van der Waals surface area contributed by atoms with Gasteiger partial charge in [-0.2, -0.15) is 0 Å². The molecular weight excluding hydrogens is 1180 g/mol. The van der Waals surface area contributed by atoms with Crippen molar-refractivity contribution in [3.63, 3.8) is 0 Å². The molecule has 4 aliphatic heterocycles. The predicted molar refractivity (Wildman–Crippen MR) is 355 cm³/mol. The third-order valence-corrected chi connectivity index (χ3v) is 18.9. The van der Waals surface area contributed by atoms with Crippen LogP contribution in [0, 0.1) is 11.8 Å². The monoisotopic (exact) mass is 1280 g/mol. The van der Waals surface area contributed by atoms with Crippen molar-refractivity contribution in [1.82, 2.24) is 52.3 Å². The number of carbonyl (C=O) groups excluding carboxylic acids is 8. The zero-order valence-electron chi connectivity index (χ0n) is 54.8. The fraction of sp³-hybridized carbons (Fsp3) is 0.556. The van der Waals surface area contributed by atoms with E-state index in [9.17, 15) is 38.4 Å². The largest absolute Gasteiger partial charge is 0.379 e. The van der Waals surface area contributed by atoms with Crippen LogP contribution in [0.15, 0.2) is 121 Å². The molecule has 0 spiro atoms. The number of nitrogens with one attached hydrogen (secondary N) is 8. The Morgan fingerprint density at radius 3 is 1.48 bits per heavy atom. The first-order valence-electron chi connectivity index (χ1n) is 33.9. The zero-order chi connectivity index (χ0) is 65.9. The molecule has 0 bridgehead atoms. The van der Waals surface area contributed by atoms with E-state index >= 15 is 0 Å². The molecule has 4 aromatic carbocycles. The zero-order valence-corrected chi connectivity index (χ0v) is 54.8. The lowest BCUT2D eigenvalue weighted by atomic mass is 9.88. The summed E-state index contributed by atoms with van der Waals surface area (Å²) in [5, 5.41) is 24.6. The first-order chi connectivity index (χ1) is 45.3. The van der Waals surface area contributed by atoms with Gasteiger partial charge in [-0.15, -0.1) is 0 Å². The van der Waals surface area contributed by atoms with Crippen molar-refractivity contribution in [1.29, 1.82) is 0 Å². The molecule has 8 N–H and O–H groups in total. The van der Waals surface area contributed by atoms with E-state index in [1.807, 2.05) is 97.1 Å². The summed E-state index contributed by atoms with van der Waals surface area (Å²) in [5.41, 5.74) is 3.60. The topological polar surface area (TPSA) is 267 Å². The Bertz CT molecular complexity index is 2800. The number of aryl methyl sites for hydroxylation is 1. The number of nitrogens with zero attached hydrogens (tertiary/aromatic N) is 2. The third-order valence-electron chi connectivity index (χ3n) is 18.9. The molecule has 21 heteroatoms. The maximum atomic E-state index is 14.7. The average molecular weight is 1280 g/mol. The molecule has 0 radical (unpaired) electrons. The molecule has 7 amide bonds. The summed E-state index contributed by atoms with van der Waals surface area (Å²) in [6.45, 7) is 7.06. The highest BCUT2D eigenvalue weighted by Gasteiger charge is 2.50. The highest BCUT2D eigenvalue weighted by atomic mass is 16.5. The van der Waals surface area contributed by atoms with Crippen molar-refractivity contribution in [3.8, 4) is 0 Å². The Labute approximate surface area is 549 Å². The minimum atomic E-state index is -1.01. The third kappa shape index (κ3) is 20.8. The Morgan fingerprint density at radius 1 is 0.495 bits per heavy atom. The molecule has 0 aromatic heterocycles. The van der Waals surface area contributed by atoms with Gasteiger partial charge in [0.2, 0.25) is 41.4 Å². The Kier molecular flexibility index (Phi) is 28.8. The van der Waals surface area contributed by atoms with Gasteiger partial charge in [0.15, 0.2) is 5.78 Å². The number of ether oxygens (including phenoxy) is 3. The van der Waals surface area contributed by atoms with Crippen LogP contribution < -0.4 is 42.5 Å². The van der Waals surface area contributed by atoms with E-state index < -0.39 is 54.2 Å². The first kappa shape index (κ1) is 71.4. The highest BCUT2D eigenvalue weighted by molar-refractivity contribution is 5.97. The molecule has 4 aromatic rings. The van der Waals surface area contributed by atoms with Crippen LogP contribution in [0.4, 0.5) is 0 Å². The smallest absolute Gasteiger partial charge is 0.247 e. The van der Waals surface area contributed by atoms with Crippen molar-refractivity contribution in [2.24, 2.45) is 11.8 Å². The number of ketones is 1. The number of benzene rings is 4. The molecular formula is C72H100N10O11. The van der Waals surface area contributed by atoms with Gasteiger partial charge in [0.1, 0.15) is 36.3 Å². The molecule has 0 unspecified atom stereocenters. The molecule has 4 heterocycles. The molecule has 21 nitrogen and oxygen atoms in total. The molecule has 12 atom stereocenters. The summed E-state index contributed by atoms with van der Waals surface area (Å²) in [6.07, 6.45) is 9.36. The summed E-state index contributed by atoms with van der Waals surface area (Å²) in [5.74, 6) is -2.71. The SMILES string of the molecule is CN[C@@H](C)C(=O)N[C@@H]1C(=O)N2[C@@H](CC[C@@H]1CNCc1ccccc1)CC[C@H]2C(=O)N[C@H](C(=O)CCCCOCCOCCOCCCNC(=O)[C@@H](NC(=O)[C@@H]1CC[C@@H]2CC[C@H](CCCc3ccccc3)[C@H](NC(=O)[C@H](C)NC)C(=O)N21)c1ccccc1)c1ccccc1. The van der Waals surface area contributed by atoms with E-state index in [0.717, 1.165) is 37.7 Å². The number of hydrogen-bond donors (Lipinski definition) is 8. The first-order valence-corrected chi connectivity index (χ1v) is 33.9. The van der Waals surface area contributed by atoms with Crippen molar-refractivity contribution >= 4 is 47.1 Å². The highest BCUT2D eigenvalue weighted by Crippen LogP contribution is 2.37. The van der Waals surface area contributed by atoms with Crippen molar-refractivity contribution in [3.05, 3.63) is 144 Å². The molecule has 93 heavy (non-hydrogen) atoms. The molecule has 4 fully saturated rings. The van der Waals surface area contributed by atoms with Crippen LogP contribution in [-0.4, -0.2) is 172 Å². The quantitative estimate of drug-likeness (QED) is 0.0258. The van der Waals surface area contributed by atoms with E-state index in [4.69, 9.17) is 14.2 Å². The summed E-state index contributed by atoms with van der Waals surface area (Å²) in [4.78, 5) is 116. The molecule has 4 aliphatic rings.